The Morgan fingerprint density at radius 1 is 1.47 bits per heavy atom. The average Bonchev–Trinajstić information content (AvgIpc) is 2.30. The maximum absolute atomic E-state index is 12.1. The quantitative estimate of drug-likeness (QED) is 0.779. The summed E-state index contributed by atoms with van der Waals surface area (Å²) in [6.45, 7) is 1.82. The van der Waals surface area contributed by atoms with Crippen LogP contribution in [0.25, 0.3) is 0 Å². The molecule has 1 rings (SSSR count). The highest BCUT2D eigenvalue weighted by atomic mass is 19.3. The lowest BCUT2D eigenvalue weighted by molar-refractivity contribution is -0.116. The fraction of sp³-hybridized carbons (Fsp3) is 0.462. The molecule has 19 heavy (non-hydrogen) atoms. The number of anilines is 2. The number of nitrogens with two attached hydrogens (primary N) is 1. The molecule has 6 heteroatoms. The molecule has 3 N–H and O–H groups in total. The summed E-state index contributed by atoms with van der Waals surface area (Å²) in [6, 6.07) is 5.24. The van der Waals surface area contributed by atoms with Gasteiger partial charge in [-0.05, 0) is 31.7 Å². The molecule has 0 saturated carbocycles. The van der Waals surface area contributed by atoms with Crippen LogP contribution in [-0.4, -0.2) is 37.4 Å². The maximum atomic E-state index is 12.1. The number of alkyl halides is 2. The fourth-order valence-corrected chi connectivity index (χ4v) is 1.61. The first kappa shape index (κ1) is 15.4. The van der Waals surface area contributed by atoms with Gasteiger partial charge in [0.2, 0.25) is 5.91 Å². The Labute approximate surface area is 111 Å². The van der Waals surface area contributed by atoms with Crippen LogP contribution in [0.1, 0.15) is 12.0 Å². The number of nitrogen functional groups attached to an aromatic ring is 1. The van der Waals surface area contributed by atoms with E-state index < -0.39 is 6.43 Å². The molecule has 106 valence electrons. The minimum absolute atomic E-state index is 0.164. The molecule has 0 unspecified atom stereocenters. The maximum Gasteiger partial charge on any atom is 0.251 e. The Hall–Kier alpha value is -1.69. The molecule has 0 bridgehead atoms. The van der Waals surface area contributed by atoms with E-state index in [0.29, 0.717) is 11.4 Å². The van der Waals surface area contributed by atoms with E-state index >= 15 is 0 Å². The third-order valence-corrected chi connectivity index (χ3v) is 2.71. The summed E-state index contributed by atoms with van der Waals surface area (Å²) in [5, 5.41) is 2.73. The van der Waals surface area contributed by atoms with Crippen LogP contribution in [0.3, 0.4) is 0 Å². The van der Waals surface area contributed by atoms with E-state index in [1.165, 1.54) is 4.90 Å². The van der Waals surface area contributed by atoms with E-state index in [0.717, 1.165) is 5.56 Å². The molecule has 1 aromatic carbocycles. The number of nitrogens with zero attached hydrogens (tertiary/aromatic N) is 1. The van der Waals surface area contributed by atoms with E-state index in [-0.39, 0.29) is 25.4 Å². The molecule has 0 saturated heterocycles. The summed E-state index contributed by atoms with van der Waals surface area (Å²) in [6.07, 6.45) is -2.22. The number of carbonyl (C=O) groups excluding carboxylic acids is 1. The van der Waals surface area contributed by atoms with Gasteiger partial charge in [-0.2, -0.15) is 0 Å². The Balaban J connectivity index is 2.45. The largest absolute Gasteiger partial charge is 0.399 e. The summed E-state index contributed by atoms with van der Waals surface area (Å²) >= 11 is 0. The zero-order valence-corrected chi connectivity index (χ0v) is 11.1. The van der Waals surface area contributed by atoms with Gasteiger partial charge in [0.1, 0.15) is 0 Å². The van der Waals surface area contributed by atoms with E-state index in [2.05, 4.69) is 5.32 Å². The van der Waals surface area contributed by atoms with Crippen LogP contribution in [0.4, 0.5) is 20.2 Å². The normalized spacial score (nSPS) is 11.1. The van der Waals surface area contributed by atoms with Gasteiger partial charge in [-0.1, -0.05) is 6.07 Å². The van der Waals surface area contributed by atoms with E-state index in [4.69, 9.17) is 5.73 Å². The standard InChI is InChI=1S/C13H19F2N3O/c1-9-3-4-10(16)7-11(9)17-13(19)5-6-18(2)8-12(14)15/h3-4,7,12H,5-6,8,16H2,1-2H3,(H,17,19). The molecule has 1 aromatic rings. The molecule has 0 aromatic heterocycles. The van der Waals surface area contributed by atoms with Crippen LogP contribution in [0, 0.1) is 6.92 Å². The topological polar surface area (TPSA) is 58.4 Å². The van der Waals surface area contributed by atoms with E-state index in [1.807, 2.05) is 13.0 Å². The lowest BCUT2D eigenvalue weighted by atomic mass is 10.2. The van der Waals surface area contributed by atoms with Crippen molar-refractivity contribution in [2.75, 3.05) is 31.2 Å². The van der Waals surface area contributed by atoms with Crippen molar-refractivity contribution in [2.24, 2.45) is 0 Å². The van der Waals surface area contributed by atoms with Gasteiger partial charge in [0.15, 0.2) is 0 Å². The molecular formula is C13H19F2N3O. The van der Waals surface area contributed by atoms with Crippen LogP contribution in [0.2, 0.25) is 0 Å². The van der Waals surface area contributed by atoms with Crippen LogP contribution < -0.4 is 11.1 Å². The lowest BCUT2D eigenvalue weighted by Crippen LogP contribution is -2.28. The van der Waals surface area contributed by atoms with Gasteiger partial charge in [-0.3, -0.25) is 4.79 Å². The SMILES string of the molecule is Cc1ccc(N)cc1NC(=O)CCN(C)CC(F)F. The molecule has 1 amide bonds. The van der Waals surface area contributed by atoms with Crippen molar-refractivity contribution in [3.63, 3.8) is 0 Å². The van der Waals surface area contributed by atoms with Gasteiger partial charge >= 0.3 is 0 Å². The van der Waals surface area contributed by atoms with Crippen LogP contribution in [-0.2, 0) is 4.79 Å². The number of aryl methyl sites for hydroxylation is 1. The number of nitrogens with one attached hydrogen (secondary N) is 1. The molecular weight excluding hydrogens is 252 g/mol. The zero-order valence-electron chi connectivity index (χ0n) is 11.1. The number of halogens is 2. The molecule has 4 nitrogen and oxygen atoms in total. The number of benzene rings is 1. The Morgan fingerprint density at radius 2 is 2.16 bits per heavy atom. The molecule has 0 spiro atoms. The second-order valence-corrected chi connectivity index (χ2v) is 4.53. The molecule has 0 atom stereocenters. The number of rotatable bonds is 6. The number of amides is 1. The highest BCUT2D eigenvalue weighted by molar-refractivity contribution is 5.92. The summed E-state index contributed by atoms with van der Waals surface area (Å²) in [4.78, 5) is 13.1. The minimum Gasteiger partial charge on any atom is -0.399 e. The lowest BCUT2D eigenvalue weighted by Gasteiger charge is -2.16. The summed E-state index contributed by atoms with van der Waals surface area (Å²) in [7, 11) is 1.56. The summed E-state index contributed by atoms with van der Waals surface area (Å²) < 4.78 is 24.2. The first-order valence-corrected chi connectivity index (χ1v) is 6.01. The van der Waals surface area contributed by atoms with Crippen molar-refractivity contribution in [2.45, 2.75) is 19.8 Å². The van der Waals surface area contributed by atoms with Gasteiger partial charge in [-0.15, -0.1) is 0 Å². The highest BCUT2D eigenvalue weighted by Gasteiger charge is 2.10. The summed E-state index contributed by atoms with van der Waals surface area (Å²) in [5.74, 6) is -0.213. The Morgan fingerprint density at radius 3 is 2.79 bits per heavy atom. The molecule has 0 fully saturated rings. The number of hydrogen-bond acceptors (Lipinski definition) is 3. The van der Waals surface area contributed by atoms with E-state index in [9.17, 15) is 13.6 Å². The fourth-order valence-electron chi connectivity index (χ4n) is 1.61. The van der Waals surface area contributed by atoms with Crippen LogP contribution in [0.15, 0.2) is 18.2 Å². The molecule has 0 heterocycles. The third kappa shape index (κ3) is 5.65. The van der Waals surface area contributed by atoms with Gasteiger partial charge in [0.05, 0.1) is 6.54 Å². The molecule has 0 aliphatic heterocycles. The molecule has 0 radical (unpaired) electrons. The monoisotopic (exact) mass is 271 g/mol. The second kappa shape index (κ2) is 7.04. The minimum atomic E-state index is -2.38. The highest BCUT2D eigenvalue weighted by Crippen LogP contribution is 2.18. The average molecular weight is 271 g/mol. The van der Waals surface area contributed by atoms with Crippen molar-refractivity contribution in [3.05, 3.63) is 23.8 Å². The van der Waals surface area contributed by atoms with Crippen molar-refractivity contribution in [1.29, 1.82) is 0 Å². The molecule has 0 aliphatic carbocycles. The van der Waals surface area contributed by atoms with Gasteiger partial charge in [-0.25, -0.2) is 8.78 Å². The number of carbonyl (C=O) groups is 1. The first-order valence-electron chi connectivity index (χ1n) is 6.01. The van der Waals surface area contributed by atoms with Crippen LogP contribution >= 0.6 is 0 Å². The zero-order chi connectivity index (χ0) is 14.4. The van der Waals surface area contributed by atoms with Gasteiger partial charge in [0.25, 0.3) is 6.43 Å². The third-order valence-electron chi connectivity index (χ3n) is 2.71. The van der Waals surface area contributed by atoms with Crippen LogP contribution in [0.5, 0.6) is 0 Å². The predicted molar refractivity (Wildman–Crippen MR) is 72.3 cm³/mol. The van der Waals surface area contributed by atoms with E-state index in [1.54, 1.807) is 19.2 Å². The second-order valence-electron chi connectivity index (χ2n) is 4.53. The van der Waals surface area contributed by atoms with Crippen molar-refractivity contribution < 1.29 is 13.6 Å². The predicted octanol–water partition coefficient (Wildman–Crippen LogP) is 2.10. The molecule has 0 aliphatic rings. The van der Waals surface area contributed by atoms with Crippen molar-refractivity contribution in [1.82, 2.24) is 4.90 Å². The Kier molecular flexibility index (Phi) is 5.69. The van der Waals surface area contributed by atoms with Gasteiger partial charge < -0.3 is 16.0 Å². The Bertz CT molecular complexity index is 438. The first-order chi connectivity index (χ1) is 8.88. The van der Waals surface area contributed by atoms with Crippen molar-refractivity contribution >= 4 is 17.3 Å². The van der Waals surface area contributed by atoms with Gasteiger partial charge in [0, 0.05) is 24.3 Å². The van der Waals surface area contributed by atoms with Crippen molar-refractivity contribution in [3.8, 4) is 0 Å². The smallest absolute Gasteiger partial charge is 0.251 e. The number of hydrogen-bond donors (Lipinski definition) is 2. The summed E-state index contributed by atoms with van der Waals surface area (Å²) in [5.41, 5.74) is 7.76.